The second kappa shape index (κ2) is 5.24. The molecule has 0 saturated carbocycles. The van der Waals surface area contributed by atoms with E-state index < -0.39 is 11.9 Å². The third kappa shape index (κ3) is 2.84. The zero-order valence-corrected chi connectivity index (χ0v) is 11.2. The van der Waals surface area contributed by atoms with Crippen LogP contribution in [0.25, 0.3) is 5.65 Å². The van der Waals surface area contributed by atoms with Gasteiger partial charge in [0.05, 0.1) is 11.4 Å². The highest BCUT2D eigenvalue weighted by Crippen LogP contribution is 2.17. The Morgan fingerprint density at radius 1 is 1.29 bits per heavy atom. The lowest BCUT2D eigenvalue weighted by atomic mass is 10.3. The van der Waals surface area contributed by atoms with Crippen LogP contribution in [0.5, 0.6) is 5.75 Å². The van der Waals surface area contributed by atoms with Crippen LogP contribution in [-0.4, -0.2) is 15.5 Å². The molecule has 0 bridgehead atoms. The highest BCUT2D eigenvalue weighted by Gasteiger charge is 2.10. The van der Waals surface area contributed by atoms with E-state index in [4.69, 9.17) is 4.74 Å². The molecule has 0 fully saturated rings. The van der Waals surface area contributed by atoms with E-state index in [1.165, 1.54) is 10.5 Å². The Labute approximate surface area is 120 Å². The molecule has 1 aromatic carbocycles. The number of fused-ring (bicyclic) bond motifs is 1. The van der Waals surface area contributed by atoms with Crippen molar-refractivity contribution in [2.24, 2.45) is 0 Å². The van der Waals surface area contributed by atoms with Crippen molar-refractivity contribution in [2.45, 2.75) is 6.92 Å². The van der Waals surface area contributed by atoms with Crippen LogP contribution in [0, 0.1) is 12.7 Å². The molecule has 0 aliphatic carbocycles. The number of hydrogen-bond donors (Lipinski definition) is 1. The number of amides is 1. The van der Waals surface area contributed by atoms with E-state index in [1.807, 2.05) is 6.07 Å². The number of aryl methyl sites for hydroxylation is 1. The summed E-state index contributed by atoms with van der Waals surface area (Å²) in [5.74, 6) is -0.101. The fourth-order valence-electron chi connectivity index (χ4n) is 1.99. The number of nitrogens with one attached hydrogen (secondary N) is 1. The van der Waals surface area contributed by atoms with Gasteiger partial charge in [0.15, 0.2) is 11.5 Å². The van der Waals surface area contributed by atoms with Crippen molar-refractivity contribution in [3.63, 3.8) is 0 Å². The van der Waals surface area contributed by atoms with Gasteiger partial charge < -0.3 is 9.14 Å². The summed E-state index contributed by atoms with van der Waals surface area (Å²) in [7, 11) is 0. The van der Waals surface area contributed by atoms with E-state index >= 15 is 0 Å². The first-order valence-corrected chi connectivity index (χ1v) is 6.30. The number of carbonyl (C=O) groups is 1. The van der Waals surface area contributed by atoms with Crippen LogP contribution < -0.4 is 10.1 Å². The first-order valence-electron chi connectivity index (χ1n) is 6.30. The number of halogens is 1. The quantitative estimate of drug-likeness (QED) is 0.785. The van der Waals surface area contributed by atoms with Gasteiger partial charge in [-0.15, -0.1) is 0 Å². The summed E-state index contributed by atoms with van der Waals surface area (Å²) < 4.78 is 20.5. The third-order valence-corrected chi connectivity index (χ3v) is 2.83. The summed E-state index contributed by atoms with van der Waals surface area (Å²) in [6.45, 7) is 1.77. The van der Waals surface area contributed by atoms with Gasteiger partial charge >= 0.3 is 6.09 Å². The molecule has 0 atom stereocenters. The normalized spacial score (nSPS) is 10.6. The average Bonchev–Trinajstić information content (AvgIpc) is 2.81. The lowest BCUT2D eigenvalue weighted by Gasteiger charge is -2.07. The largest absolute Gasteiger partial charge is 0.417 e. The van der Waals surface area contributed by atoms with E-state index in [1.54, 1.807) is 43.6 Å². The fourth-order valence-corrected chi connectivity index (χ4v) is 1.99. The summed E-state index contributed by atoms with van der Waals surface area (Å²) >= 11 is 0. The second-order valence-electron chi connectivity index (χ2n) is 4.52. The van der Waals surface area contributed by atoms with Gasteiger partial charge in [0, 0.05) is 18.5 Å². The fraction of sp³-hybridized carbons (Fsp3) is 0.0667. The zero-order chi connectivity index (χ0) is 14.8. The number of ether oxygens (including phenoxy) is 1. The van der Waals surface area contributed by atoms with Gasteiger partial charge in [-0.2, -0.15) is 0 Å². The van der Waals surface area contributed by atoms with Crippen LogP contribution in [0.4, 0.5) is 14.9 Å². The molecule has 0 unspecified atom stereocenters. The van der Waals surface area contributed by atoms with Crippen molar-refractivity contribution in [1.29, 1.82) is 0 Å². The maximum absolute atomic E-state index is 13.9. The van der Waals surface area contributed by atoms with Crippen molar-refractivity contribution < 1.29 is 13.9 Å². The topological polar surface area (TPSA) is 55.6 Å². The van der Waals surface area contributed by atoms with Gasteiger partial charge in [0.2, 0.25) is 0 Å². The number of benzene rings is 1. The molecule has 106 valence electrons. The third-order valence-electron chi connectivity index (χ3n) is 2.83. The molecule has 0 aliphatic rings. The van der Waals surface area contributed by atoms with Gasteiger partial charge in [0.25, 0.3) is 0 Å². The number of aromatic nitrogens is 2. The summed E-state index contributed by atoms with van der Waals surface area (Å²) in [5, 5.41) is 2.48. The predicted molar refractivity (Wildman–Crippen MR) is 76.0 cm³/mol. The van der Waals surface area contributed by atoms with E-state index in [2.05, 4.69) is 10.3 Å². The molecule has 0 aliphatic heterocycles. The predicted octanol–water partition coefficient (Wildman–Crippen LogP) is 3.39. The Hall–Kier alpha value is -2.89. The Morgan fingerprint density at radius 2 is 2.05 bits per heavy atom. The minimum Gasteiger partial charge on any atom is -0.410 e. The smallest absolute Gasteiger partial charge is 0.410 e. The van der Waals surface area contributed by atoms with E-state index in [0.717, 1.165) is 0 Å². The molecular weight excluding hydrogens is 273 g/mol. The SMILES string of the molecule is Cc1cn2cc(NC(=O)Oc3ccccc3)cc(F)c2n1. The minimum absolute atomic E-state index is 0.217. The van der Waals surface area contributed by atoms with E-state index in [9.17, 15) is 9.18 Å². The average molecular weight is 285 g/mol. The molecule has 5 nitrogen and oxygen atoms in total. The molecule has 0 radical (unpaired) electrons. The number of hydrogen-bond acceptors (Lipinski definition) is 3. The molecule has 0 saturated heterocycles. The molecule has 3 aromatic rings. The molecule has 3 rings (SSSR count). The first kappa shape index (κ1) is 13.1. The minimum atomic E-state index is -0.684. The second-order valence-corrected chi connectivity index (χ2v) is 4.52. The number of carbonyl (C=O) groups excluding carboxylic acids is 1. The van der Waals surface area contributed by atoms with Gasteiger partial charge in [-0.1, -0.05) is 18.2 Å². The molecule has 2 aromatic heterocycles. The lowest BCUT2D eigenvalue weighted by molar-refractivity contribution is 0.215. The van der Waals surface area contributed by atoms with Crippen molar-refractivity contribution >= 4 is 17.4 Å². The maximum atomic E-state index is 13.9. The Kier molecular flexibility index (Phi) is 3.27. The van der Waals surface area contributed by atoms with Crippen LogP contribution in [0.3, 0.4) is 0 Å². The van der Waals surface area contributed by atoms with Gasteiger partial charge in [-0.25, -0.2) is 14.2 Å². The summed E-state index contributed by atoms with van der Waals surface area (Å²) in [5.41, 5.74) is 1.20. The van der Waals surface area contributed by atoms with Crippen LogP contribution in [0.2, 0.25) is 0 Å². The molecule has 1 amide bonds. The van der Waals surface area contributed by atoms with Crippen LogP contribution in [0.15, 0.2) is 48.8 Å². The first-order chi connectivity index (χ1) is 10.1. The van der Waals surface area contributed by atoms with Crippen molar-refractivity contribution in [3.8, 4) is 5.75 Å². The Bertz CT molecular complexity index is 799. The van der Waals surface area contributed by atoms with Gasteiger partial charge in [0.1, 0.15) is 5.75 Å². The monoisotopic (exact) mass is 285 g/mol. The van der Waals surface area contributed by atoms with Gasteiger partial charge in [-0.3, -0.25) is 5.32 Å². The summed E-state index contributed by atoms with van der Waals surface area (Å²) in [6, 6.07) is 9.83. The molecule has 0 spiro atoms. The standard InChI is InChI=1S/C15H12FN3O2/c1-10-8-19-9-11(7-13(16)14(19)17-10)18-15(20)21-12-5-3-2-4-6-12/h2-9H,1H3,(H,18,20). The maximum Gasteiger partial charge on any atom is 0.417 e. The number of pyridine rings is 1. The summed E-state index contributed by atoms with van der Waals surface area (Å²) in [4.78, 5) is 15.8. The molecule has 21 heavy (non-hydrogen) atoms. The van der Waals surface area contributed by atoms with Crippen LogP contribution >= 0.6 is 0 Å². The lowest BCUT2D eigenvalue weighted by Crippen LogP contribution is -2.17. The molecule has 6 heteroatoms. The highest BCUT2D eigenvalue weighted by atomic mass is 19.1. The highest BCUT2D eigenvalue weighted by molar-refractivity contribution is 5.86. The molecular formula is C15H12FN3O2. The van der Waals surface area contributed by atoms with Crippen molar-refractivity contribution in [1.82, 2.24) is 9.38 Å². The zero-order valence-electron chi connectivity index (χ0n) is 11.2. The molecule has 1 N–H and O–H groups in total. The van der Waals surface area contributed by atoms with Crippen molar-refractivity contribution in [3.05, 3.63) is 60.3 Å². The number of nitrogens with zero attached hydrogens (tertiary/aromatic N) is 2. The Balaban J connectivity index is 1.80. The van der Waals surface area contributed by atoms with E-state index in [-0.39, 0.29) is 5.65 Å². The van der Waals surface area contributed by atoms with Gasteiger partial charge in [-0.05, 0) is 19.1 Å². The number of para-hydroxylation sites is 1. The number of anilines is 1. The van der Waals surface area contributed by atoms with Crippen LogP contribution in [-0.2, 0) is 0 Å². The van der Waals surface area contributed by atoms with E-state index in [0.29, 0.717) is 17.1 Å². The van der Waals surface area contributed by atoms with Crippen molar-refractivity contribution in [2.75, 3.05) is 5.32 Å². The van der Waals surface area contributed by atoms with Crippen LogP contribution in [0.1, 0.15) is 5.69 Å². The Morgan fingerprint density at radius 3 is 2.81 bits per heavy atom. The number of imidazole rings is 1. The molecule has 2 heterocycles. The summed E-state index contributed by atoms with van der Waals surface area (Å²) in [6.07, 6.45) is 2.56. The number of rotatable bonds is 2.